The summed E-state index contributed by atoms with van der Waals surface area (Å²) in [5, 5.41) is 25.7. The van der Waals surface area contributed by atoms with Crippen LogP contribution in [0.2, 0.25) is 0 Å². The highest BCUT2D eigenvalue weighted by molar-refractivity contribution is 5.92. The quantitative estimate of drug-likeness (QED) is 0.409. The Bertz CT molecular complexity index is 1080. The Morgan fingerprint density at radius 3 is 1.67 bits per heavy atom. The van der Waals surface area contributed by atoms with Crippen LogP contribution in [0.15, 0.2) is 72.8 Å². The molecule has 3 aromatic rings. The minimum absolute atomic E-state index is 0.0427. The number of amides is 2. The fraction of sp³-hybridized carbons (Fsp3) is 0.259. The van der Waals surface area contributed by atoms with Crippen molar-refractivity contribution in [3.05, 3.63) is 89.5 Å². The van der Waals surface area contributed by atoms with Crippen LogP contribution in [-0.4, -0.2) is 22.0 Å². The number of rotatable bonds is 7. The molecule has 0 aliphatic rings. The van der Waals surface area contributed by atoms with Crippen molar-refractivity contribution in [3.63, 3.8) is 0 Å². The Labute approximate surface area is 194 Å². The van der Waals surface area contributed by atoms with Crippen molar-refractivity contribution < 1.29 is 19.8 Å². The first-order valence-electron chi connectivity index (χ1n) is 10.8. The number of hydrogen-bond acceptors (Lipinski definition) is 4. The van der Waals surface area contributed by atoms with Gasteiger partial charge in [0.2, 0.25) is 11.8 Å². The summed E-state index contributed by atoms with van der Waals surface area (Å²) < 4.78 is 0. The molecule has 1 unspecified atom stereocenters. The Kier molecular flexibility index (Phi) is 7.51. The third kappa shape index (κ3) is 7.47. The highest BCUT2D eigenvalue weighted by Gasteiger charge is 2.16. The molecule has 0 radical (unpaired) electrons. The number of aromatic hydroxyl groups is 1. The summed E-state index contributed by atoms with van der Waals surface area (Å²) in [5.74, 6) is -0.0508. The fourth-order valence-corrected chi connectivity index (χ4v) is 3.38. The van der Waals surface area contributed by atoms with Gasteiger partial charge < -0.3 is 20.8 Å². The van der Waals surface area contributed by atoms with Gasteiger partial charge in [0.05, 0.1) is 6.42 Å². The van der Waals surface area contributed by atoms with Crippen LogP contribution >= 0.6 is 0 Å². The average molecular weight is 447 g/mol. The zero-order valence-corrected chi connectivity index (χ0v) is 19.1. The van der Waals surface area contributed by atoms with Gasteiger partial charge in [0.25, 0.3) is 0 Å². The second kappa shape index (κ2) is 10.3. The molecule has 0 spiro atoms. The van der Waals surface area contributed by atoms with E-state index in [1.807, 2.05) is 20.8 Å². The molecule has 0 saturated heterocycles. The lowest BCUT2D eigenvalue weighted by molar-refractivity contribution is -0.118. The minimum atomic E-state index is -0.828. The summed E-state index contributed by atoms with van der Waals surface area (Å²) in [6.45, 7) is 6.04. The zero-order chi connectivity index (χ0) is 24.0. The molecule has 0 saturated carbocycles. The molecule has 0 aromatic heterocycles. The van der Waals surface area contributed by atoms with E-state index < -0.39 is 6.10 Å². The first-order chi connectivity index (χ1) is 15.6. The lowest BCUT2D eigenvalue weighted by atomic mass is 9.92. The average Bonchev–Trinajstić information content (AvgIpc) is 2.74. The monoisotopic (exact) mass is 446 g/mol. The number of anilines is 2. The Balaban J connectivity index is 1.57. The Morgan fingerprint density at radius 2 is 1.21 bits per heavy atom. The molecule has 4 N–H and O–H groups in total. The smallest absolute Gasteiger partial charge is 0.228 e. The summed E-state index contributed by atoms with van der Waals surface area (Å²) in [4.78, 5) is 24.3. The van der Waals surface area contributed by atoms with Crippen LogP contribution in [0, 0.1) is 5.41 Å². The molecule has 3 rings (SSSR count). The van der Waals surface area contributed by atoms with Crippen LogP contribution in [-0.2, 0) is 16.0 Å². The van der Waals surface area contributed by atoms with Crippen molar-refractivity contribution >= 4 is 23.2 Å². The molecule has 172 valence electrons. The third-order valence-corrected chi connectivity index (χ3v) is 5.01. The molecule has 6 heteroatoms. The van der Waals surface area contributed by atoms with Gasteiger partial charge in [-0.3, -0.25) is 9.59 Å². The van der Waals surface area contributed by atoms with Gasteiger partial charge in [0.1, 0.15) is 11.9 Å². The minimum Gasteiger partial charge on any atom is -0.508 e. The predicted octanol–water partition coefficient (Wildman–Crippen LogP) is 5.03. The second-order valence-corrected chi connectivity index (χ2v) is 9.32. The summed E-state index contributed by atoms with van der Waals surface area (Å²) in [5.41, 5.74) is 3.43. The van der Waals surface area contributed by atoms with Crippen molar-refractivity contribution in [2.75, 3.05) is 10.6 Å². The number of aliphatic hydroxyl groups is 1. The first-order valence-corrected chi connectivity index (χ1v) is 10.8. The topological polar surface area (TPSA) is 98.7 Å². The van der Waals surface area contributed by atoms with Gasteiger partial charge in [-0.05, 0) is 58.5 Å². The number of hydrogen-bond donors (Lipinski definition) is 4. The van der Waals surface area contributed by atoms with Crippen LogP contribution in [0.25, 0.3) is 0 Å². The van der Waals surface area contributed by atoms with E-state index in [1.54, 1.807) is 72.8 Å². The maximum Gasteiger partial charge on any atom is 0.228 e. The van der Waals surface area contributed by atoms with Gasteiger partial charge in [-0.2, -0.15) is 0 Å². The zero-order valence-electron chi connectivity index (χ0n) is 19.1. The van der Waals surface area contributed by atoms with Crippen molar-refractivity contribution in [2.45, 2.75) is 39.7 Å². The van der Waals surface area contributed by atoms with E-state index in [0.29, 0.717) is 28.9 Å². The number of carbonyl (C=O) groups is 2. The molecule has 0 fully saturated rings. The van der Waals surface area contributed by atoms with E-state index >= 15 is 0 Å². The Morgan fingerprint density at radius 1 is 0.758 bits per heavy atom. The van der Waals surface area contributed by atoms with E-state index in [-0.39, 0.29) is 29.4 Å². The first kappa shape index (κ1) is 24.0. The van der Waals surface area contributed by atoms with Crippen LogP contribution in [0.4, 0.5) is 11.4 Å². The number of aliphatic hydroxyl groups excluding tert-OH is 1. The van der Waals surface area contributed by atoms with Gasteiger partial charge >= 0.3 is 0 Å². The number of carbonyl (C=O) groups excluding carboxylic acids is 2. The molecule has 3 aromatic carbocycles. The number of benzene rings is 3. The maximum atomic E-state index is 12.2. The maximum absolute atomic E-state index is 12.2. The highest BCUT2D eigenvalue weighted by Crippen LogP contribution is 2.25. The van der Waals surface area contributed by atoms with E-state index in [4.69, 9.17) is 0 Å². The molecular weight excluding hydrogens is 416 g/mol. The third-order valence-electron chi connectivity index (χ3n) is 5.01. The molecular formula is C27H30N2O4. The number of phenolic OH excluding ortho intramolecular Hbond substituents is 1. The van der Waals surface area contributed by atoms with Crippen LogP contribution < -0.4 is 10.6 Å². The largest absolute Gasteiger partial charge is 0.508 e. The van der Waals surface area contributed by atoms with E-state index in [0.717, 1.165) is 5.56 Å². The van der Waals surface area contributed by atoms with Crippen LogP contribution in [0.1, 0.15) is 50.0 Å². The van der Waals surface area contributed by atoms with Crippen molar-refractivity contribution in [2.24, 2.45) is 5.41 Å². The SMILES string of the molecule is CC(C)(C)CC(=O)Nc1ccc(C(O)c2ccc(NC(=O)Cc3ccc(O)cc3)cc2)cc1. The summed E-state index contributed by atoms with van der Waals surface area (Å²) in [7, 11) is 0. The van der Waals surface area contributed by atoms with Crippen molar-refractivity contribution in [3.8, 4) is 5.75 Å². The lowest BCUT2D eigenvalue weighted by Gasteiger charge is -2.17. The van der Waals surface area contributed by atoms with E-state index in [2.05, 4.69) is 10.6 Å². The molecule has 0 heterocycles. The van der Waals surface area contributed by atoms with Gasteiger partial charge in [0.15, 0.2) is 0 Å². The van der Waals surface area contributed by atoms with E-state index in [1.165, 1.54) is 0 Å². The summed E-state index contributed by atoms with van der Waals surface area (Å²) in [6.07, 6.45) is -0.204. The summed E-state index contributed by atoms with van der Waals surface area (Å²) >= 11 is 0. The molecule has 6 nitrogen and oxygen atoms in total. The molecule has 0 bridgehead atoms. The van der Waals surface area contributed by atoms with Gasteiger partial charge in [-0.15, -0.1) is 0 Å². The van der Waals surface area contributed by atoms with Crippen molar-refractivity contribution in [1.29, 1.82) is 0 Å². The fourth-order valence-electron chi connectivity index (χ4n) is 3.38. The van der Waals surface area contributed by atoms with E-state index in [9.17, 15) is 19.8 Å². The molecule has 1 atom stereocenters. The number of phenols is 1. The standard InChI is InChI=1S/C27H30N2O4/c1-27(2,3)17-25(32)29-22-12-8-20(9-13-22)26(33)19-6-10-21(11-7-19)28-24(31)16-18-4-14-23(30)15-5-18/h4-15,26,30,33H,16-17H2,1-3H3,(H,28,31)(H,29,32). The lowest BCUT2D eigenvalue weighted by Crippen LogP contribution is -2.19. The molecule has 0 aliphatic carbocycles. The molecule has 33 heavy (non-hydrogen) atoms. The van der Waals surface area contributed by atoms with Crippen LogP contribution in [0.3, 0.4) is 0 Å². The number of nitrogens with one attached hydrogen (secondary N) is 2. The van der Waals surface area contributed by atoms with Crippen molar-refractivity contribution in [1.82, 2.24) is 0 Å². The normalized spacial score (nSPS) is 12.1. The second-order valence-electron chi connectivity index (χ2n) is 9.32. The molecule has 0 aliphatic heterocycles. The molecule has 2 amide bonds. The van der Waals surface area contributed by atoms with Gasteiger partial charge in [0, 0.05) is 17.8 Å². The predicted molar refractivity (Wildman–Crippen MR) is 130 cm³/mol. The summed E-state index contributed by atoms with van der Waals surface area (Å²) in [6, 6.07) is 20.6. The van der Waals surface area contributed by atoms with Gasteiger partial charge in [-0.1, -0.05) is 57.2 Å². The van der Waals surface area contributed by atoms with Crippen LogP contribution in [0.5, 0.6) is 5.75 Å². The van der Waals surface area contributed by atoms with Gasteiger partial charge in [-0.25, -0.2) is 0 Å². The highest BCUT2D eigenvalue weighted by atomic mass is 16.3. The Hall–Kier alpha value is -3.64.